The summed E-state index contributed by atoms with van der Waals surface area (Å²) in [6.45, 7) is 1.35. The van der Waals surface area contributed by atoms with Crippen molar-refractivity contribution in [3.63, 3.8) is 0 Å². The molecule has 1 aliphatic rings. The van der Waals surface area contributed by atoms with Crippen LogP contribution < -0.4 is 5.32 Å². The van der Waals surface area contributed by atoms with Crippen molar-refractivity contribution in [1.82, 2.24) is 20.3 Å². The Hall–Kier alpha value is -1.43. The van der Waals surface area contributed by atoms with E-state index in [1.807, 2.05) is 0 Å². The number of hydrogen-bond donors (Lipinski definition) is 1. The van der Waals surface area contributed by atoms with Crippen LogP contribution >= 0.6 is 0 Å². The summed E-state index contributed by atoms with van der Waals surface area (Å²) < 4.78 is 6.89. The van der Waals surface area contributed by atoms with Crippen molar-refractivity contribution in [1.29, 1.82) is 0 Å². The third-order valence-electron chi connectivity index (χ3n) is 2.35. The molecule has 1 aromatic heterocycles. The summed E-state index contributed by atoms with van der Waals surface area (Å²) in [6.07, 6.45) is 3.84. The maximum atomic E-state index is 11.5. The largest absolute Gasteiger partial charge is 0.376 e. The number of ether oxygens (including phenoxy) is 1. The van der Waals surface area contributed by atoms with Gasteiger partial charge in [-0.1, -0.05) is 5.21 Å². The predicted octanol–water partition coefficient (Wildman–Crippen LogP) is -0.276. The van der Waals surface area contributed by atoms with Gasteiger partial charge in [-0.3, -0.25) is 9.48 Å². The molecule has 1 fully saturated rings. The van der Waals surface area contributed by atoms with Crippen LogP contribution in [0.15, 0.2) is 6.20 Å². The van der Waals surface area contributed by atoms with Crippen LogP contribution in [0.25, 0.3) is 0 Å². The number of aryl methyl sites for hydroxylation is 1. The number of amides is 1. The summed E-state index contributed by atoms with van der Waals surface area (Å²) in [5, 5.41) is 10.2. The first-order valence-corrected chi connectivity index (χ1v) is 5.02. The summed E-state index contributed by atoms with van der Waals surface area (Å²) >= 11 is 0. The number of rotatable bonds is 3. The van der Waals surface area contributed by atoms with E-state index in [-0.39, 0.29) is 12.0 Å². The molecule has 0 aliphatic carbocycles. The Bertz CT molecular complexity index is 344. The maximum Gasteiger partial charge on any atom is 0.273 e. The number of nitrogens with one attached hydrogen (secondary N) is 1. The molecule has 1 saturated heterocycles. The lowest BCUT2D eigenvalue weighted by Gasteiger charge is -2.09. The fourth-order valence-corrected chi connectivity index (χ4v) is 1.55. The van der Waals surface area contributed by atoms with Crippen LogP contribution in [0.5, 0.6) is 0 Å². The van der Waals surface area contributed by atoms with Crippen LogP contribution in [0.1, 0.15) is 23.3 Å². The second-order valence-electron chi connectivity index (χ2n) is 3.62. The van der Waals surface area contributed by atoms with E-state index in [0.29, 0.717) is 12.2 Å². The quantitative estimate of drug-likeness (QED) is 0.745. The molecule has 6 nitrogen and oxygen atoms in total. The van der Waals surface area contributed by atoms with E-state index >= 15 is 0 Å². The number of nitrogens with zero attached hydrogens (tertiary/aromatic N) is 3. The van der Waals surface area contributed by atoms with Gasteiger partial charge in [-0.05, 0) is 12.8 Å². The van der Waals surface area contributed by atoms with Crippen molar-refractivity contribution in [3.8, 4) is 0 Å². The number of carbonyl (C=O) groups is 1. The van der Waals surface area contributed by atoms with Crippen LogP contribution in [-0.4, -0.2) is 40.2 Å². The highest BCUT2D eigenvalue weighted by Crippen LogP contribution is 2.10. The minimum Gasteiger partial charge on any atom is -0.376 e. The zero-order chi connectivity index (χ0) is 10.7. The Morgan fingerprint density at radius 1 is 1.80 bits per heavy atom. The molecule has 1 unspecified atom stereocenters. The van der Waals surface area contributed by atoms with Crippen molar-refractivity contribution < 1.29 is 9.53 Å². The van der Waals surface area contributed by atoms with Gasteiger partial charge in [-0.25, -0.2) is 0 Å². The first-order chi connectivity index (χ1) is 7.25. The van der Waals surface area contributed by atoms with E-state index in [0.717, 1.165) is 19.4 Å². The van der Waals surface area contributed by atoms with E-state index in [9.17, 15) is 4.79 Å². The molecule has 0 saturated carbocycles. The molecule has 2 heterocycles. The van der Waals surface area contributed by atoms with Crippen LogP contribution in [0, 0.1) is 0 Å². The first kappa shape index (κ1) is 10.1. The molecule has 82 valence electrons. The van der Waals surface area contributed by atoms with E-state index < -0.39 is 0 Å². The molecular weight excluding hydrogens is 196 g/mol. The van der Waals surface area contributed by atoms with Crippen LogP contribution in [0.2, 0.25) is 0 Å². The first-order valence-electron chi connectivity index (χ1n) is 5.02. The zero-order valence-electron chi connectivity index (χ0n) is 8.64. The summed E-state index contributed by atoms with van der Waals surface area (Å²) in [6, 6.07) is 0. The average Bonchev–Trinajstić information content (AvgIpc) is 2.84. The molecular formula is C9H14N4O2. The molecule has 0 spiro atoms. The van der Waals surface area contributed by atoms with Crippen molar-refractivity contribution >= 4 is 5.91 Å². The molecule has 15 heavy (non-hydrogen) atoms. The normalized spacial score (nSPS) is 20.5. The molecule has 1 N–H and O–H groups in total. The highest BCUT2D eigenvalue weighted by Gasteiger charge is 2.17. The van der Waals surface area contributed by atoms with Gasteiger partial charge in [0.1, 0.15) is 0 Å². The Balaban J connectivity index is 1.81. The van der Waals surface area contributed by atoms with Crippen LogP contribution in [0.3, 0.4) is 0 Å². The van der Waals surface area contributed by atoms with Gasteiger partial charge in [0.15, 0.2) is 5.69 Å². The van der Waals surface area contributed by atoms with Crippen LogP contribution in [-0.2, 0) is 11.8 Å². The van der Waals surface area contributed by atoms with Gasteiger partial charge < -0.3 is 10.1 Å². The SMILES string of the molecule is Cn1cc(C(=O)NCC2CCCO2)nn1. The fraction of sp³-hybridized carbons (Fsp3) is 0.667. The lowest BCUT2D eigenvalue weighted by Crippen LogP contribution is -2.31. The minimum atomic E-state index is -0.196. The Morgan fingerprint density at radius 3 is 3.27 bits per heavy atom. The van der Waals surface area contributed by atoms with E-state index in [2.05, 4.69) is 15.6 Å². The van der Waals surface area contributed by atoms with E-state index in [1.54, 1.807) is 13.2 Å². The second-order valence-corrected chi connectivity index (χ2v) is 3.62. The molecule has 6 heteroatoms. The summed E-state index contributed by atoms with van der Waals surface area (Å²) in [7, 11) is 1.73. The number of aromatic nitrogens is 3. The highest BCUT2D eigenvalue weighted by atomic mass is 16.5. The smallest absolute Gasteiger partial charge is 0.273 e. The summed E-state index contributed by atoms with van der Waals surface area (Å²) in [5.74, 6) is -0.196. The molecule has 1 atom stereocenters. The Kier molecular flexibility index (Phi) is 2.96. The Labute approximate surface area is 87.6 Å². The predicted molar refractivity (Wildman–Crippen MR) is 52.3 cm³/mol. The molecule has 0 bridgehead atoms. The average molecular weight is 210 g/mol. The summed E-state index contributed by atoms with van der Waals surface area (Å²) in [4.78, 5) is 11.5. The molecule has 0 radical (unpaired) electrons. The van der Waals surface area contributed by atoms with Gasteiger partial charge >= 0.3 is 0 Å². The van der Waals surface area contributed by atoms with Gasteiger partial charge in [-0.15, -0.1) is 5.10 Å². The van der Waals surface area contributed by atoms with Crippen molar-refractivity contribution in [2.24, 2.45) is 7.05 Å². The van der Waals surface area contributed by atoms with E-state index in [1.165, 1.54) is 4.68 Å². The van der Waals surface area contributed by atoms with Crippen LogP contribution in [0.4, 0.5) is 0 Å². The second kappa shape index (κ2) is 4.39. The fourth-order valence-electron chi connectivity index (χ4n) is 1.55. The van der Waals surface area contributed by atoms with Gasteiger partial charge in [0, 0.05) is 20.2 Å². The molecule has 1 aromatic rings. The number of hydrogen-bond acceptors (Lipinski definition) is 4. The van der Waals surface area contributed by atoms with Crippen molar-refractivity contribution in [2.75, 3.05) is 13.2 Å². The maximum absolute atomic E-state index is 11.5. The molecule has 0 aromatic carbocycles. The Morgan fingerprint density at radius 2 is 2.67 bits per heavy atom. The van der Waals surface area contributed by atoms with Gasteiger partial charge in [0.2, 0.25) is 0 Å². The zero-order valence-corrected chi connectivity index (χ0v) is 8.64. The number of carbonyl (C=O) groups excluding carboxylic acids is 1. The lowest BCUT2D eigenvalue weighted by molar-refractivity contribution is 0.0853. The van der Waals surface area contributed by atoms with Gasteiger partial charge in [0.05, 0.1) is 12.3 Å². The van der Waals surface area contributed by atoms with Gasteiger partial charge in [0.25, 0.3) is 5.91 Å². The molecule has 1 aliphatic heterocycles. The topological polar surface area (TPSA) is 69.0 Å². The molecule has 1 amide bonds. The van der Waals surface area contributed by atoms with E-state index in [4.69, 9.17) is 4.74 Å². The third-order valence-corrected chi connectivity index (χ3v) is 2.35. The van der Waals surface area contributed by atoms with Crippen molar-refractivity contribution in [3.05, 3.63) is 11.9 Å². The van der Waals surface area contributed by atoms with Crippen molar-refractivity contribution in [2.45, 2.75) is 18.9 Å². The summed E-state index contributed by atoms with van der Waals surface area (Å²) in [5.41, 5.74) is 0.343. The third kappa shape index (κ3) is 2.53. The minimum absolute atomic E-state index is 0.158. The lowest BCUT2D eigenvalue weighted by atomic mass is 10.2. The van der Waals surface area contributed by atoms with Gasteiger partial charge in [-0.2, -0.15) is 0 Å². The highest BCUT2D eigenvalue weighted by molar-refractivity contribution is 5.91. The molecule has 2 rings (SSSR count). The monoisotopic (exact) mass is 210 g/mol. The standard InChI is InChI=1S/C9H14N4O2/c1-13-6-8(11-12-13)9(14)10-5-7-3-2-4-15-7/h6-7H,2-5H2,1H3,(H,10,14).